The van der Waals surface area contributed by atoms with Crippen LogP contribution in [0.15, 0.2) is 0 Å². The van der Waals surface area contributed by atoms with E-state index in [9.17, 15) is 9.59 Å². The number of carbonyl (C=O) groups excluding carboxylic acids is 1. The van der Waals surface area contributed by atoms with E-state index in [1.54, 1.807) is 14.0 Å². The summed E-state index contributed by atoms with van der Waals surface area (Å²) in [5, 5.41) is 20.8. The number of rotatable bonds is 7. The first-order valence-electron chi connectivity index (χ1n) is 7.01. The first kappa shape index (κ1) is 17.7. The Balaban J connectivity index is 2.53. The van der Waals surface area contributed by atoms with E-state index in [-0.39, 0.29) is 19.3 Å². The number of morpholine rings is 1. The van der Waals surface area contributed by atoms with E-state index in [0.29, 0.717) is 26.0 Å². The zero-order valence-corrected chi connectivity index (χ0v) is 12.4. The molecule has 1 fully saturated rings. The summed E-state index contributed by atoms with van der Waals surface area (Å²) in [5.74, 6) is -1.07. The molecule has 21 heavy (non-hydrogen) atoms. The molecular formula is C13H24N2O6. The first-order chi connectivity index (χ1) is 9.97. The van der Waals surface area contributed by atoms with Gasteiger partial charge in [-0.25, -0.2) is 9.59 Å². The van der Waals surface area contributed by atoms with Gasteiger partial charge >= 0.3 is 12.0 Å². The number of carboxylic acid groups (broad SMARTS) is 1. The fourth-order valence-electron chi connectivity index (χ4n) is 2.24. The minimum atomic E-state index is -1.07. The van der Waals surface area contributed by atoms with Gasteiger partial charge in [-0.1, -0.05) is 0 Å². The van der Waals surface area contributed by atoms with Crippen molar-refractivity contribution >= 4 is 12.0 Å². The van der Waals surface area contributed by atoms with Crippen molar-refractivity contribution in [2.75, 3.05) is 33.4 Å². The molecule has 0 aromatic rings. The summed E-state index contributed by atoms with van der Waals surface area (Å²) >= 11 is 0. The third kappa shape index (κ3) is 5.86. The second-order valence-corrected chi connectivity index (χ2v) is 5.13. The molecule has 0 aliphatic carbocycles. The molecule has 0 saturated carbocycles. The lowest BCUT2D eigenvalue weighted by Gasteiger charge is -2.36. The Bertz CT molecular complexity index is 352. The van der Waals surface area contributed by atoms with E-state index in [4.69, 9.17) is 19.7 Å². The summed E-state index contributed by atoms with van der Waals surface area (Å²) in [4.78, 5) is 24.8. The number of aliphatic carboxylic acids is 1. The molecule has 8 nitrogen and oxygen atoms in total. The summed E-state index contributed by atoms with van der Waals surface area (Å²) in [5.41, 5.74) is 0. The number of aliphatic hydroxyl groups excluding tert-OH is 1. The maximum atomic E-state index is 12.1. The standard InChI is InChI=1S/C13H24N2O6/c1-9-6-15(7-10(8-16)21-9)13(19)14-11(12(17)18)4-3-5-20-2/h9-11,16H,3-8H2,1-2H3,(H,14,19)(H,17,18). The van der Waals surface area contributed by atoms with Crippen LogP contribution in [0.1, 0.15) is 19.8 Å². The van der Waals surface area contributed by atoms with Gasteiger partial charge in [0.05, 0.1) is 25.4 Å². The number of hydrogen-bond donors (Lipinski definition) is 3. The Kier molecular flexibility index (Phi) is 7.41. The van der Waals surface area contributed by atoms with Gasteiger partial charge in [0.2, 0.25) is 0 Å². The third-order valence-corrected chi connectivity index (χ3v) is 3.25. The predicted molar refractivity (Wildman–Crippen MR) is 74.1 cm³/mol. The van der Waals surface area contributed by atoms with Gasteiger partial charge in [-0.05, 0) is 19.8 Å². The second kappa shape index (κ2) is 8.81. The lowest BCUT2D eigenvalue weighted by molar-refractivity contribution is -0.139. The molecule has 1 aliphatic rings. The van der Waals surface area contributed by atoms with Crippen LogP contribution in [0.2, 0.25) is 0 Å². The third-order valence-electron chi connectivity index (χ3n) is 3.25. The van der Waals surface area contributed by atoms with Gasteiger partial charge in [0.25, 0.3) is 0 Å². The number of nitrogens with one attached hydrogen (secondary N) is 1. The molecule has 1 saturated heterocycles. The lowest BCUT2D eigenvalue weighted by atomic mass is 10.1. The highest BCUT2D eigenvalue weighted by Gasteiger charge is 2.30. The predicted octanol–water partition coefficient (Wildman–Crippen LogP) is -0.343. The van der Waals surface area contributed by atoms with Crippen LogP contribution >= 0.6 is 0 Å². The molecule has 1 aliphatic heterocycles. The molecule has 1 rings (SSSR count). The molecule has 3 atom stereocenters. The highest BCUT2D eigenvalue weighted by Crippen LogP contribution is 2.11. The average Bonchev–Trinajstić information content (AvgIpc) is 2.45. The van der Waals surface area contributed by atoms with Gasteiger partial charge in [-0.15, -0.1) is 0 Å². The second-order valence-electron chi connectivity index (χ2n) is 5.13. The molecule has 1 heterocycles. The average molecular weight is 304 g/mol. The number of amides is 2. The highest BCUT2D eigenvalue weighted by atomic mass is 16.5. The van der Waals surface area contributed by atoms with Gasteiger partial charge in [0.1, 0.15) is 6.04 Å². The SMILES string of the molecule is COCCCC(NC(=O)N1CC(C)OC(CO)C1)C(=O)O. The van der Waals surface area contributed by atoms with Crippen molar-refractivity contribution < 1.29 is 29.3 Å². The number of carbonyl (C=O) groups is 2. The Morgan fingerprint density at radius 3 is 2.76 bits per heavy atom. The summed E-state index contributed by atoms with van der Waals surface area (Å²) in [6.45, 7) is 2.68. The van der Waals surface area contributed by atoms with Crippen molar-refractivity contribution in [3.8, 4) is 0 Å². The number of ether oxygens (including phenoxy) is 2. The summed E-state index contributed by atoms with van der Waals surface area (Å²) < 4.78 is 10.3. The molecule has 3 N–H and O–H groups in total. The molecular weight excluding hydrogens is 280 g/mol. The van der Waals surface area contributed by atoms with Gasteiger partial charge in [0, 0.05) is 20.3 Å². The van der Waals surface area contributed by atoms with Crippen LogP contribution < -0.4 is 5.32 Å². The number of aliphatic hydroxyl groups is 1. The van der Waals surface area contributed by atoms with Crippen LogP contribution in [0.25, 0.3) is 0 Å². The van der Waals surface area contributed by atoms with Crippen molar-refractivity contribution in [2.45, 2.75) is 38.0 Å². The number of urea groups is 1. The molecule has 0 radical (unpaired) electrons. The smallest absolute Gasteiger partial charge is 0.326 e. The molecule has 2 amide bonds. The van der Waals surface area contributed by atoms with Gasteiger partial charge in [-0.3, -0.25) is 0 Å². The van der Waals surface area contributed by atoms with Crippen LogP contribution in [-0.2, 0) is 14.3 Å². The fraction of sp³-hybridized carbons (Fsp3) is 0.846. The highest BCUT2D eigenvalue weighted by molar-refractivity contribution is 5.82. The molecule has 0 bridgehead atoms. The van der Waals surface area contributed by atoms with Gasteiger partial charge in [0.15, 0.2) is 0 Å². The number of methoxy groups -OCH3 is 1. The topological polar surface area (TPSA) is 108 Å². The minimum Gasteiger partial charge on any atom is -0.480 e. The molecule has 8 heteroatoms. The fourth-order valence-corrected chi connectivity index (χ4v) is 2.24. The van der Waals surface area contributed by atoms with E-state index >= 15 is 0 Å². The van der Waals surface area contributed by atoms with E-state index in [2.05, 4.69) is 5.32 Å². The van der Waals surface area contributed by atoms with Crippen molar-refractivity contribution in [1.29, 1.82) is 0 Å². The van der Waals surface area contributed by atoms with Crippen LogP contribution in [0.4, 0.5) is 4.79 Å². The van der Waals surface area contributed by atoms with Crippen LogP contribution in [-0.4, -0.2) is 78.8 Å². The largest absolute Gasteiger partial charge is 0.480 e. The summed E-state index contributed by atoms with van der Waals surface area (Å²) in [7, 11) is 1.54. The lowest BCUT2D eigenvalue weighted by Crippen LogP contribution is -2.55. The van der Waals surface area contributed by atoms with Crippen molar-refractivity contribution in [1.82, 2.24) is 10.2 Å². The Hall–Kier alpha value is -1.38. The maximum absolute atomic E-state index is 12.1. The minimum absolute atomic E-state index is 0.176. The number of carboxylic acids is 1. The maximum Gasteiger partial charge on any atom is 0.326 e. The quantitative estimate of drug-likeness (QED) is 0.555. The Labute approximate surface area is 124 Å². The first-order valence-corrected chi connectivity index (χ1v) is 7.01. The van der Waals surface area contributed by atoms with E-state index in [0.717, 1.165) is 0 Å². The summed E-state index contributed by atoms with van der Waals surface area (Å²) in [6, 6.07) is -1.40. The van der Waals surface area contributed by atoms with Gasteiger partial charge < -0.3 is 29.9 Å². The van der Waals surface area contributed by atoms with Crippen LogP contribution in [0.3, 0.4) is 0 Å². The molecule has 3 unspecified atom stereocenters. The normalized spacial score (nSPS) is 23.7. The molecule has 122 valence electrons. The Morgan fingerprint density at radius 2 is 2.19 bits per heavy atom. The monoisotopic (exact) mass is 304 g/mol. The molecule has 0 aromatic heterocycles. The Morgan fingerprint density at radius 1 is 1.48 bits per heavy atom. The van der Waals surface area contributed by atoms with Crippen molar-refractivity contribution in [3.63, 3.8) is 0 Å². The van der Waals surface area contributed by atoms with E-state index in [1.807, 2.05) is 0 Å². The molecule has 0 aromatic carbocycles. The van der Waals surface area contributed by atoms with Crippen LogP contribution in [0, 0.1) is 0 Å². The molecule has 0 spiro atoms. The van der Waals surface area contributed by atoms with Crippen LogP contribution in [0.5, 0.6) is 0 Å². The van der Waals surface area contributed by atoms with Crippen molar-refractivity contribution in [2.24, 2.45) is 0 Å². The zero-order chi connectivity index (χ0) is 15.8. The summed E-state index contributed by atoms with van der Waals surface area (Å²) in [6.07, 6.45) is 0.222. The number of nitrogens with zero attached hydrogens (tertiary/aromatic N) is 1. The van der Waals surface area contributed by atoms with Crippen molar-refractivity contribution in [3.05, 3.63) is 0 Å². The van der Waals surface area contributed by atoms with Gasteiger partial charge in [-0.2, -0.15) is 0 Å². The number of hydrogen-bond acceptors (Lipinski definition) is 5. The zero-order valence-electron chi connectivity index (χ0n) is 12.4. The van der Waals surface area contributed by atoms with E-state index < -0.39 is 24.1 Å². The van der Waals surface area contributed by atoms with E-state index in [1.165, 1.54) is 4.90 Å².